The van der Waals surface area contributed by atoms with E-state index in [0.717, 1.165) is 73.2 Å². The zero-order valence-corrected chi connectivity index (χ0v) is 75.7. The number of rotatable bonds is 39. The summed E-state index contributed by atoms with van der Waals surface area (Å²) in [4.78, 5) is 133. The summed E-state index contributed by atoms with van der Waals surface area (Å²) in [5.41, 5.74) is 7.49. The molecule has 0 saturated carbocycles. The number of alkyl halides is 1. The van der Waals surface area contributed by atoms with Crippen molar-refractivity contribution >= 4 is 125 Å². The fourth-order valence-corrected chi connectivity index (χ4v) is 15.4. The number of anilines is 1. The summed E-state index contributed by atoms with van der Waals surface area (Å²) in [6.07, 6.45) is 1.11. The van der Waals surface area contributed by atoms with Gasteiger partial charge in [-0.05, 0) is 117 Å². The average molecular weight is 1890 g/mol. The topological polar surface area (TPSA) is 495 Å². The normalized spacial score (nSPS) is 12.9. The molecule has 6 amide bonds. The third kappa shape index (κ3) is 35.9. The van der Waals surface area contributed by atoms with Crippen molar-refractivity contribution in [2.45, 2.75) is 160 Å². The maximum atomic E-state index is 13.3. The molecule has 0 radical (unpaired) electrons. The standard InChI is InChI=1S/C24H28N4O6S2.2C24H26N4O5S.C15H21BrN2O5/c1-3-22-25-21(15-35-22)19(13-17-9-11-18(12-10-17)28-36(31,32)33)26-23(29)20(27-24(30)34-2)14-16-7-5-4-6-8-16;2*1-3-22-25-21(15-34-22)19(13-17-9-11-18(12-10-17)28(31)32)26-23(29)20(27-24(30)33-2)14-16-7-5-4-6-8-16;1-15(2,3)23-14(20)17-12(13(19)9-16)8-10-4-6-11(7-5-10)18(21)22/h4-12,15,19-20,28H,3,13-14H2,1-2H3,(H,26,29)(H,27,30)(H,31,32,33);2*4-12,15,19-20H,3,13-14H2,1-2H3,(H,26,29)(H,27,30);4-7,12,14,17,20H,8-9H2,1-3H3/t3*19-,20-;12-,14?/m0000/s1. The molecule has 0 bridgehead atoms. The van der Waals surface area contributed by atoms with Gasteiger partial charge in [0.1, 0.15) is 18.1 Å². The number of non-ortho nitro benzene ring substituents is 3. The second kappa shape index (κ2) is 51.3. The van der Waals surface area contributed by atoms with Crippen LogP contribution in [0.15, 0.2) is 204 Å². The molecule has 3 heterocycles. The number of aromatic nitrogens is 3. The van der Waals surface area contributed by atoms with Gasteiger partial charge in [0, 0.05) is 71.8 Å². The SMILES string of the molecule is CC(C)(C)OC(O)N[C@@H](Cc1ccc([N+](=O)[O-])cc1)C(=O)CBr.CCc1nc([C@H](Cc2ccc(NS(=O)(=O)O)cc2)NC(=O)[C@H](Cc2ccccc2)NC(=O)OC)cs1.CCc1nc([C@H](Cc2ccc([N+](=O)[O-])cc2)NC(=O)[C@H](Cc2ccccc2)NC(=O)OC)cs1.CCc1nc([C@H](Cc2ccc([N+](=O)[O-])cc2)NC(=O)[C@H](Cc2ccccc2)NC(=O)OC)cs1. The number of aryl methyl sites for hydroxylation is 3. The van der Waals surface area contributed by atoms with Gasteiger partial charge in [-0.15, -0.1) is 34.0 Å². The van der Waals surface area contributed by atoms with Gasteiger partial charge >= 0.3 is 28.6 Å². The van der Waals surface area contributed by atoms with Gasteiger partial charge in [0.05, 0.1) is 109 Å². The Bertz CT molecular complexity index is 5150. The average Bonchev–Trinajstić information content (AvgIpc) is 1.80. The molecule has 10 rings (SSSR count). The van der Waals surface area contributed by atoms with Crippen LogP contribution in [0.1, 0.15) is 131 Å². The van der Waals surface area contributed by atoms with E-state index in [1.165, 1.54) is 104 Å². The molecule has 10 aromatic rings. The summed E-state index contributed by atoms with van der Waals surface area (Å²) in [6.45, 7) is 11.4. The minimum Gasteiger partial charge on any atom is -0.453 e. The van der Waals surface area contributed by atoms with Gasteiger partial charge < -0.3 is 56.0 Å². The number of carbonyl (C=O) groups excluding carboxylic acids is 7. The van der Waals surface area contributed by atoms with Gasteiger partial charge in [-0.2, -0.15) is 8.42 Å². The minimum atomic E-state index is -4.38. The molecule has 1 unspecified atom stereocenters. The zero-order valence-electron chi connectivity index (χ0n) is 70.9. The summed E-state index contributed by atoms with van der Waals surface area (Å²) >= 11 is 7.61. The number of halogens is 1. The second-order valence-corrected chi connectivity index (χ2v) is 33.7. The van der Waals surface area contributed by atoms with Crippen molar-refractivity contribution in [2.24, 2.45) is 0 Å². The number of ketones is 1. The lowest BCUT2D eigenvalue weighted by molar-refractivity contribution is -0.385. The van der Waals surface area contributed by atoms with Crippen molar-refractivity contribution in [3.63, 3.8) is 0 Å². The van der Waals surface area contributed by atoms with E-state index in [0.29, 0.717) is 36.3 Å². The van der Waals surface area contributed by atoms with Gasteiger partial charge in [-0.25, -0.2) is 29.3 Å². The van der Waals surface area contributed by atoms with Gasteiger partial charge in [0.15, 0.2) is 5.78 Å². The molecule has 676 valence electrons. The van der Waals surface area contributed by atoms with Crippen LogP contribution in [0.5, 0.6) is 0 Å². The fourth-order valence-electron chi connectivity index (χ4n) is 12.2. The lowest BCUT2D eigenvalue weighted by atomic mass is 10.0. The Balaban J connectivity index is 0.000000235. The molecular formula is C87H101BrN14O21S4. The summed E-state index contributed by atoms with van der Waals surface area (Å²) in [7, 11) is -0.663. The highest BCUT2D eigenvalue weighted by Crippen LogP contribution is 2.28. The Morgan fingerprint density at radius 2 is 0.693 bits per heavy atom. The first kappa shape index (κ1) is 102. The Morgan fingerprint density at radius 1 is 0.425 bits per heavy atom. The molecule has 0 spiro atoms. The fraction of sp³-hybridized carbons (Fsp3) is 0.333. The number of thiazole rings is 3. The monoisotopic (exact) mass is 1880 g/mol. The second-order valence-electron chi connectivity index (χ2n) is 29.1. The number of ether oxygens (including phenoxy) is 4. The number of nitro groups is 3. The van der Waals surface area contributed by atoms with Gasteiger partial charge in [0.25, 0.3) is 17.1 Å². The van der Waals surface area contributed by atoms with E-state index in [2.05, 4.69) is 68.1 Å². The highest BCUT2D eigenvalue weighted by atomic mass is 79.9. The smallest absolute Gasteiger partial charge is 0.407 e. The summed E-state index contributed by atoms with van der Waals surface area (Å²) in [5.74, 6) is -1.32. The van der Waals surface area contributed by atoms with Crippen LogP contribution in [0, 0.1) is 30.3 Å². The largest absolute Gasteiger partial charge is 0.453 e. The maximum absolute atomic E-state index is 13.3. The Kier molecular flexibility index (Phi) is 41.0. The Morgan fingerprint density at radius 3 is 0.937 bits per heavy atom. The number of methoxy groups -OCH3 is 3. The third-order valence-corrected chi connectivity index (χ3v) is 22.7. The van der Waals surface area contributed by atoms with E-state index < -0.39 is 104 Å². The molecule has 127 heavy (non-hydrogen) atoms. The first-order valence-electron chi connectivity index (χ1n) is 39.7. The van der Waals surface area contributed by atoms with Crippen LogP contribution in [0.2, 0.25) is 0 Å². The first-order valence-corrected chi connectivity index (χ1v) is 44.9. The van der Waals surface area contributed by atoms with Crippen molar-refractivity contribution in [1.29, 1.82) is 0 Å². The van der Waals surface area contributed by atoms with Crippen LogP contribution in [0.3, 0.4) is 0 Å². The van der Waals surface area contributed by atoms with Crippen LogP contribution in [-0.4, -0.2) is 152 Å². The van der Waals surface area contributed by atoms with E-state index >= 15 is 0 Å². The van der Waals surface area contributed by atoms with E-state index in [9.17, 15) is 77.4 Å². The van der Waals surface area contributed by atoms with Crippen molar-refractivity contribution in [1.82, 2.24) is 52.2 Å². The van der Waals surface area contributed by atoms with Gasteiger partial charge in [-0.1, -0.05) is 176 Å². The number of nitrogens with one attached hydrogen (secondary N) is 8. The van der Waals surface area contributed by atoms with E-state index in [1.807, 2.05) is 133 Å². The Hall–Kier alpha value is -12.4. The van der Waals surface area contributed by atoms with Gasteiger partial charge in [-0.3, -0.25) is 64.1 Å². The van der Waals surface area contributed by atoms with Crippen molar-refractivity contribution < 1.29 is 85.4 Å². The molecule has 0 aliphatic heterocycles. The molecular weight excluding hydrogens is 1790 g/mol. The van der Waals surface area contributed by atoms with E-state index in [4.69, 9.17) is 23.5 Å². The highest BCUT2D eigenvalue weighted by Gasteiger charge is 2.32. The zero-order chi connectivity index (χ0) is 92.8. The van der Waals surface area contributed by atoms with Crippen molar-refractivity contribution in [3.05, 3.63) is 306 Å². The number of aliphatic hydroxyl groups is 1. The number of hydrogen-bond donors (Lipinski definition) is 10. The van der Waals surface area contributed by atoms with E-state index in [1.54, 1.807) is 69.3 Å². The van der Waals surface area contributed by atoms with E-state index in [-0.39, 0.29) is 71.4 Å². The molecule has 35 nitrogen and oxygen atoms in total. The quantitative estimate of drug-likeness (QED) is 0.00427. The maximum Gasteiger partial charge on any atom is 0.407 e. The lowest BCUT2D eigenvalue weighted by Gasteiger charge is -2.27. The molecule has 0 aliphatic rings. The van der Waals surface area contributed by atoms with Crippen molar-refractivity contribution in [3.8, 4) is 0 Å². The molecule has 0 saturated heterocycles. The van der Waals surface area contributed by atoms with Gasteiger partial charge in [0.2, 0.25) is 24.1 Å². The highest BCUT2D eigenvalue weighted by molar-refractivity contribution is 9.09. The lowest BCUT2D eigenvalue weighted by Crippen LogP contribution is -2.49. The first-order chi connectivity index (χ1) is 60.6. The molecule has 8 atom stereocenters. The molecule has 40 heteroatoms. The van der Waals surface area contributed by atoms with Crippen molar-refractivity contribution in [2.75, 3.05) is 31.4 Å². The Labute approximate surface area is 754 Å². The van der Waals surface area contributed by atoms with Crippen LogP contribution >= 0.6 is 49.9 Å². The number of benzene rings is 7. The number of aliphatic hydroxyl groups excluding tert-OH is 1. The number of carbonyl (C=O) groups is 7. The third-order valence-electron chi connectivity index (χ3n) is 18.6. The molecule has 7 aromatic carbocycles. The van der Waals surface area contributed by atoms with Crippen LogP contribution in [0.25, 0.3) is 0 Å². The predicted octanol–water partition coefficient (Wildman–Crippen LogP) is 13.4. The molecule has 0 fully saturated rings. The number of nitrogens with zero attached hydrogens (tertiary/aromatic N) is 6. The summed E-state index contributed by atoms with van der Waals surface area (Å²) in [6, 6.07) is 48.0. The van der Waals surface area contributed by atoms with Crippen LogP contribution in [0.4, 0.5) is 37.1 Å². The minimum absolute atomic E-state index is 0.00327. The number of amides is 6. The number of nitro benzene ring substituents is 3. The predicted molar refractivity (Wildman–Crippen MR) is 484 cm³/mol. The molecule has 0 aliphatic carbocycles. The summed E-state index contributed by atoms with van der Waals surface area (Å²) in [5, 5.41) is 70.7. The number of hydrogen-bond acceptors (Lipinski definition) is 27. The van der Waals surface area contributed by atoms with Crippen LogP contribution in [-0.2, 0) is 113 Å². The number of Topliss-reactive ketones (excluding diaryl/α,β-unsaturated/α-hetero) is 1. The summed E-state index contributed by atoms with van der Waals surface area (Å²) < 4.78 is 52.5. The van der Waals surface area contributed by atoms with Crippen LogP contribution < -0.4 is 41.9 Å². The number of alkyl carbamates (subject to hydrolysis) is 3. The molecule has 10 N–H and O–H groups in total. The molecule has 3 aromatic heterocycles.